The average molecular weight is 652 g/mol. The van der Waals surface area contributed by atoms with Crippen molar-refractivity contribution in [3.8, 4) is 0 Å². The number of H-pyrrole nitrogens is 3. The molecule has 0 spiro atoms. The van der Waals surface area contributed by atoms with Crippen LogP contribution in [0, 0.1) is 0 Å². The van der Waals surface area contributed by atoms with Crippen LogP contribution >= 0.6 is 0 Å². The maximum atomic E-state index is 4.28. The van der Waals surface area contributed by atoms with Crippen LogP contribution in [0.25, 0.3) is 43.7 Å². The van der Waals surface area contributed by atoms with E-state index in [1.54, 1.807) is 0 Å². The second-order valence-electron chi connectivity index (χ2n) is 14.2. The summed E-state index contributed by atoms with van der Waals surface area (Å²) in [6, 6.07) is 32.4. The van der Waals surface area contributed by atoms with Gasteiger partial charge in [-0.05, 0) is 111 Å². The van der Waals surface area contributed by atoms with Gasteiger partial charge in [0.05, 0.1) is 17.4 Å². The quantitative estimate of drug-likeness (QED) is 0.174. The number of hydrogen-bond acceptors (Lipinski definition) is 1. The molecule has 0 bridgehead atoms. The molecule has 0 aliphatic carbocycles. The van der Waals surface area contributed by atoms with Gasteiger partial charge in [-0.15, -0.1) is 0 Å². The van der Waals surface area contributed by atoms with E-state index >= 15 is 0 Å². The normalized spacial score (nSPS) is 11.3. The molecule has 5 heteroatoms. The lowest BCUT2D eigenvalue weighted by atomic mass is 10.0. The van der Waals surface area contributed by atoms with E-state index < -0.39 is 0 Å². The van der Waals surface area contributed by atoms with Crippen molar-refractivity contribution in [2.75, 3.05) is 0 Å². The second kappa shape index (κ2) is 15.9. The standard InChI is InChI=1S/C11H14N2.3C11H13N/c1-8(2)9-4-5-10-11(6-9)13(3)7-12-10;1-8(2)9-3-4-11-10(7-9)5-6-12-11;1-8(2)10-4-3-9-5-6-12-11(9)7-10;1-8(2)10-5-3-4-9-6-7-12-11(9)10/h4-8H,1-3H3;3*3-8,12H,1-2H3. The minimum Gasteiger partial charge on any atom is -0.361 e. The van der Waals surface area contributed by atoms with Gasteiger partial charge in [0.1, 0.15) is 0 Å². The van der Waals surface area contributed by atoms with Crippen molar-refractivity contribution in [3.05, 3.63) is 138 Å². The summed E-state index contributed by atoms with van der Waals surface area (Å²) in [5.41, 5.74) is 11.6. The zero-order valence-corrected chi connectivity index (χ0v) is 30.7. The fourth-order valence-electron chi connectivity index (χ4n) is 5.95. The Morgan fingerprint density at radius 1 is 0.510 bits per heavy atom. The lowest BCUT2D eigenvalue weighted by molar-refractivity contribution is 0.865. The largest absolute Gasteiger partial charge is 0.361 e. The first-order valence-electron chi connectivity index (χ1n) is 17.6. The highest BCUT2D eigenvalue weighted by atomic mass is 15.0. The molecular weight excluding hydrogens is 599 g/mol. The molecule has 0 unspecified atom stereocenters. The summed E-state index contributed by atoms with van der Waals surface area (Å²) in [4.78, 5) is 14.0. The molecule has 0 aliphatic heterocycles. The Kier molecular flexibility index (Phi) is 11.5. The number of aromatic amines is 3. The van der Waals surface area contributed by atoms with Crippen molar-refractivity contribution in [1.82, 2.24) is 24.5 Å². The maximum Gasteiger partial charge on any atom is 0.0955 e. The number of aromatic nitrogens is 5. The third-order valence-electron chi connectivity index (χ3n) is 9.15. The lowest BCUT2D eigenvalue weighted by Crippen LogP contribution is -1.89. The zero-order chi connectivity index (χ0) is 35.1. The van der Waals surface area contributed by atoms with E-state index in [1.807, 2.05) is 32.0 Å². The van der Waals surface area contributed by atoms with Crippen molar-refractivity contribution in [2.24, 2.45) is 7.05 Å². The van der Waals surface area contributed by atoms with Gasteiger partial charge in [-0.1, -0.05) is 97.9 Å². The van der Waals surface area contributed by atoms with Gasteiger partial charge in [-0.3, -0.25) is 0 Å². The molecule has 8 rings (SSSR count). The highest BCUT2D eigenvalue weighted by Gasteiger charge is 2.05. The number of nitrogens with zero attached hydrogens (tertiary/aromatic N) is 2. The van der Waals surface area contributed by atoms with Crippen LogP contribution in [0.2, 0.25) is 0 Å². The van der Waals surface area contributed by atoms with Crippen molar-refractivity contribution in [3.63, 3.8) is 0 Å². The second-order valence-corrected chi connectivity index (χ2v) is 14.2. The van der Waals surface area contributed by atoms with E-state index in [-0.39, 0.29) is 0 Å². The van der Waals surface area contributed by atoms with Gasteiger partial charge in [0.25, 0.3) is 0 Å². The van der Waals surface area contributed by atoms with Crippen LogP contribution in [0.5, 0.6) is 0 Å². The summed E-state index contributed by atoms with van der Waals surface area (Å²) in [5.74, 6) is 2.40. The SMILES string of the molecule is CC(C)c1ccc2[nH]ccc2c1.CC(C)c1ccc2cc[nH]c2c1.CC(C)c1ccc2ncn(C)c2c1.CC(C)c1cccc2cc[nH]c12. The van der Waals surface area contributed by atoms with Gasteiger partial charge in [0.2, 0.25) is 0 Å². The molecule has 3 N–H and O–H groups in total. The first-order chi connectivity index (χ1) is 23.5. The number of hydrogen-bond donors (Lipinski definition) is 3. The number of imidazole rings is 1. The molecule has 8 aromatic rings. The molecule has 0 radical (unpaired) electrons. The van der Waals surface area contributed by atoms with E-state index in [1.165, 1.54) is 60.5 Å². The van der Waals surface area contributed by atoms with Crippen LogP contribution in [0.15, 0.2) is 116 Å². The Morgan fingerprint density at radius 2 is 1.10 bits per heavy atom. The molecule has 0 saturated carbocycles. The molecule has 0 fully saturated rings. The van der Waals surface area contributed by atoms with Gasteiger partial charge in [-0.2, -0.15) is 0 Å². The van der Waals surface area contributed by atoms with Crippen LogP contribution in [0.3, 0.4) is 0 Å². The van der Waals surface area contributed by atoms with Crippen LogP contribution < -0.4 is 0 Å². The molecule has 254 valence electrons. The maximum absolute atomic E-state index is 4.28. The minimum absolute atomic E-state index is 0.583. The van der Waals surface area contributed by atoms with Gasteiger partial charge in [0, 0.05) is 42.2 Å². The first kappa shape index (κ1) is 35.3. The smallest absolute Gasteiger partial charge is 0.0955 e. The van der Waals surface area contributed by atoms with Crippen LogP contribution in [0.4, 0.5) is 0 Å². The van der Waals surface area contributed by atoms with Crippen molar-refractivity contribution >= 4 is 43.7 Å². The third-order valence-corrected chi connectivity index (χ3v) is 9.15. The van der Waals surface area contributed by atoms with Crippen LogP contribution in [-0.2, 0) is 7.05 Å². The average Bonchev–Trinajstić information content (AvgIpc) is 3.91. The summed E-state index contributed by atoms with van der Waals surface area (Å²) < 4.78 is 2.06. The molecule has 49 heavy (non-hydrogen) atoms. The Bertz CT molecular complexity index is 2140. The summed E-state index contributed by atoms with van der Waals surface area (Å²) in [6.07, 6.45) is 7.81. The molecule has 4 aromatic heterocycles. The molecule has 4 heterocycles. The number of nitrogens with one attached hydrogen (secondary N) is 3. The van der Waals surface area contributed by atoms with Crippen molar-refractivity contribution in [2.45, 2.75) is 79.1 Å². The fraction of sp³-hybridized carbons (Fsp3) is 0.295. The Morgan fingerprint density at radius 3 is 1.82 bits per heavy atom. The number of fused-ring (bicyclic) bond motifs is 4. The number of para-hydroxylation sites is 1. The lowest BCUT2D eigenvalue weighted by Gasteiger charge is -2.05. The van der Waals surface area contributed by atoms with Crippen LogP contribution in [-0.4, -0.2) is 24.5 Å². The highest BCUT2D eigenvalue weighted by Crippen LogP contribution is 2.24. The van der Waals surface area contributed by atoms with E-state index in [4.69, 9.17) is 0 Å². The molecule has 0 saturated heterocycles. The van der Waals surface area contributed by atoms with Crippen molar-refractivity contribution in [1.29, 1.82) is 0 Å². The summed E-state index contributed by atoms with van der Waals surface area (Å²) in [5, 5.41) is 3.90. The summed E-state index contributed by atoms with van der Waals surface area (Å²) in [6.45, 7) is 17.7. The van der Waals surface area contributed by atoms with E-state index in [9.17, 15) is 0 Å². The Labute approximate surface area is 291 Å². The zero-order valence-electron chi connectivity index (χ0n) is 30.7. The van der Waals surface area contributed by atoms with Gasteiger partial charge >= 0.3 is 0 Å². The first-order valence-corrected chi connectivity index (χ1v) is 17.6. The molecule has 0 atom stereocenters. The van der Waals surface area contributed by atoms with Gasteiger partial charge in [-0.25, -0.2) is 4.98 Å². The van der Waals surface area contributed by atoms with Gasteiger partial charge in [0.15, 0.2) is 0 Å². The van der Waals surface area contributed by atoms with E-state index in [2.05, 4.69) is 171 Å². The molecular formula is C44H53N5. The Hall–Kier alpha value is -5.03. The van der Waals surface area contributed by atoms with E-state index in [0.717, 1.165) is 5.52 Å². The number of rotatable bonds is 4. The molecule has 4 aromatic carbocycles. The highest BCUT2D eigenvalue weighted by molar-refractivity contribution is 5.83. The monoisotopic (exact) mass is 651 g/mol. The third kappa shape index (κ3) is 8.72. The van der Waals surface area contributed by atoms with Gasteiger partial charge < -0.3 is 19.5 Å². The molecule has 5 nitrogen and oxygen atoms in total. The topological polar surface area (TPSA) is 65.2 Å². The molecule has 0 aliphatic rings. The predicted molar refractivity (Wildman–Crippen MR) is 212 cm³/mol. The number of aryl methyl sites for hydroxylation is 1. The van der Waals surface area contributed by atoms with Crippen LogP contribution in [0.1, 0.15) is 101 Å². The predicted octanol–water partition coefficient (Wildman–Crippen LogP) is 12.6. The summed E-state index contributed by atoms with van der Waals surface area (Å²) in [7, 11) is 2.03. The fourth-order valence-corrected chi connectivity index (χ4v) is 5.95. The number of benzene rings is 4. The Balaban J connectivity index is 0.000000127. The van der Waals surface area contributed by atoms with Crippen molar-refractivity contribution < 1.29 is 0 Å². The summed E-state index contributed by atoms with van der Waals surface area (Å²) >= 11 is 0. The van der Waals surface area contributed by atoms with E-state index in [0.29, 0.717) is 23.7 Å². The minimum atomic E-state index is 0.583. The molecule has 0 amide bonds.